The van der Waals surface area contributed by atoms with Crippen LogP contribution in [0.4, 0.5) is 0 Å². The lowest BCUT2D eigenvalue weighted by Gasteiger charge is -2.28. The van der Waals surface area contributed by atoms with Crippen LogP contribution in [-0.2, 0) is 4.79 Å². The van der Waals surface area contributed by atoms with Crippen molar-refractivity contribution in [1.82, 2.24) is 10.2 Å². The second-order valence-corrected chi connectivity index (χ2v) is 4.58. The van der Waals surface area contributed by atoms with Gasteiger partial charge < -0.3 is 16.0 Å². The molecule has 0 aromatic rings. The van der Waals surface area contributed by atoms with Crippen molar-refractivity contribution in [2.24, 2.45) is 5.73 Å². The minimum Gasteiger partial charge on any atom is -0.368 e. The van der Waals surface area contributed by atoms with Crippen molar-refractivity contribution in [2.45, 2.75) is 59.0 Å². The third-order valence-corrected chi connectivity index (χ3v) is 3.31. The number of nitrogens with one attached hydrogen (secondary N) is 1. The first-order valence-electron chi connectivity index (χ1n) is 6.83. The van der Waals surface area contributed by atoms with Gasteiger partial charge in [-0.25, -0.2) is 0 Å². The van der Waals surface area contributed by atoms with E-state index in [1.807, 2.05) is 0 Å². The molecule has 0 spiro atoms. The highest BCUT2D eigenvalue weighted by Gasteiger charge is 2.17. The third kappa shape index (κ3) is 6.64. The molecule has 2 atom stereocenters. The molecule has 4 nitrogen and oxygen atoms in total. The van der Waals surface area contributed by atoms with E-state index in [1.54, 1.807) is 0 Å². The molecule has 0 rings (SSSR count). The van der Waals surface area contributed by atoms with E-state index in [-0.39, 0.29) is 11.9 Å². The predicted octanol–water partition coefficient (Wildman–Crippen LogP) is 1.35. The number of hydrogen-bond acceptors (Lipinski definition) is 3. The van der Waals surface area contributed by atoms with E-state index in [1.165, 1.54) is 0 Å². The first-order chi connectivity index (χ1) is 8.06. The molecular formula is C13H29N3O. The Balaban J connectivity index is 4.12. The van der Waals surface area contributed by atoms with Crippen LogP contribution in [0.15, 0.2) is 0 Å². The van der Waals surface area contributed by atoms with E-state index in [0.717, 1.165) is 38.9 Å². The summed E-state index contributed by atoms with van der Waals surface area (Å²) < 4.78 is 0. The van der Waals surface area contributed by atoms with Gasteiger partial charge in [-0.2, -0.15) is 0 Å². The van der Waals surface area contributed by atoms with Crippen LogP contribution in [0.25, 0.3) is 0 Å². The summed E-state index contributed by atoms with van der Waals surface area (Å²) in [7, 11) is 0. The van der Waals surface area contributed by atoms with Gasteiger partial charge in [0.25, 0.3) is 0 Å². The van der Waals surface area contributed by atoms with Crippen LogP contribution in [0.5, 0.6) is 0 Å². The summed E-state index contributed by atoms with van der Waals surface area (Å²) in [6.45, 7) is 11.5. The van der Waals surface area contributed by atoms with Gasteiger partial charge in [-0.05, 0) is 39.3 Å². The molecule has 1 amide bonds. The van der Waals surface area contributed by atoms with Crippen LogP contribution >= 0.6 is 0 Å². The van der Waals surface area contributed by atoms with E-state index in [2.05, 4.69) is 37.9 Å². The summed E-state index contributed by atoms with van der Waals surface area (Å²) in [5.74, 6) is -0.237. The SMILES string of the molecule is CCCNC(CCN(CC)C(C)CC)C(N)=O. The summed E-state index contributed by atoms with van der Waals surface area (Å²) in [5, 5.41) is 3.20. The Morgan fingerprint density at radius 2 is 2.00 bits per heavy atom. The molecule has 0 radical (unpaired) electrons. The summed E-state index contributed by atoms with van der Waals surface area (Å²) >= 11 is 0. The van der Waals surface area contributed by atoms with Gasteiger partial charge in [0.05, 0.1) is 6.04 Å². The molecule has 0 aromatic heterocycles. The Kier molecular flexibility index (Phi) is 9.09. The maximum Gasteiger partial charge on any atom is 0.234 e. The summed E-state index contributed by atoms with van der Waals surface area (Å²) in [6, 6.07) is 0.382. The highest BCUT2D eigenvalue weighted by molar-refractivity contribution is 5.79. The highest BCUT2D eigenvalue weighted by Crippen LogP contribution is 2.05. The minimum absolute atomic E-state index is 0.187. The largest absolute Gasteiger partial charge is 0.368 e. The van der Waals surface area contributed by atoms with Crippen LogP contribution in [0.1, 0.15) is 47.0 Å². The molecule has 0 fully saturated rings. The molecule has 0 aliphatic rings. The smallest absolute Gasteiger partial charge is 0.234 e. The number of primary amides is 1. The van der Waals surface area contributed by atoms with E-state index in [0.29, 0.717) is 6.04 Å². The number of carbonyl (C=O) groups excluding carboxylic acids is 1. The summed E-state index contributed by atoms with van der Waals surface area (Å²) in [6.07, 6.45) is 2.96. The second kappa shape index (κ2) is 9.42. The molecule has 0 saturated heterocycles. The molecule has 102 valence electrons. The van der Waals surface area contributed by atoms with Crippen LogP contribution in [0.2, 0.25) is 0 Å². The van der Waals surface area contributed by atoms with Crippen molar-refractivity contribution in [3.05, 3.63) is 0 Å². The Labute approximate surface area is 106 Å². The molecule has 17 heavy (non-hydrogen) atoms. The lowest BCUT2D eigenvalue weighted by Crippen LogP contribution is -2.45. The van der Waals surface area contributed by atoms with E-state index < -0.39 is 0 Å². The number of nitrogens with two attached hydrogens (primary N) is 1. The third-order valence-electron chi connectivity index (χ3n) is 3.31. The second-order valence-electron chi connectivity index (χ2n) is 4.58. The normalized spacial score (nSPS) is 14.9. The predicted molar refractivity (Wildman–Crippen MR) is 72.9 cm³/mol. The minimum atomic E-state index is -0.237. The fourth-order valence-corrected chi connectivity index (χ4v) is 1.91. The van der Waals surface area contributed by atoms with Gasteiger partial charge in [0.2, 0.25) is 5.91 Å². The quantitative estimate of drug-likeness (QED) is 0.609. The van der Waals surface area contributed by atoms with Crippen LogP contribution < -0.4 is 11.1 Å². The number of amides is 1. The van der Waals surface area contributed by atoms with Gasteiger partial charge in [0, 0.05) is 12.6 Å². The van der Waals surface area contributed by atoms with E-state index in [9.17, 15) is 4.79 Å². The number of nitrogens with zero attached hydrogens (tertiary/aromatic N) is 1. The molecule has 0 aliphatic carbocycles. The first kappa shape index (κ1) is 16.4. The molecule has 0 aliphatic heterocycles. The molecule has 4 heteroatoms. The van der Waals surface area contributed by atoms with Gasteiger partial charge in [0.1, 0.15) is 0 Å². The Morgan fingerprint density at radius 3 is 2.41 bits per heavy atom. The van der Waals surface area contributed by atoms with Crippen molar-refractivity contribution < 1.29 is 4.79 Å². The maximum atomic E-state index is 11.3. The fourth-order valence-electron chi connectivity index (χ4n) is 1.91. The van der Waals surface area contributed by atoms with E-state index in [4.69, 9.17) is 5.73 Å². The number of carbonyl (C=O) groups is 1. The fraction of sp³-hybridized carbons (Fsp3) is 0.923. The lowest BCUT2D eigenvalue weighted by molar-refractivity contribution is -0.120. The van der Waals surface area contributed by atoms with Gasteiger partial charge in [-0.15, -0.1) is 0 Å². The molecule has 0 saturated carbocycles. The lowest BCUT2D eigenvalue weighted by atomic mass is 10.1. The highest BCUT2D eigenvalue weighted by atomic mass is 16.1. The van der Waals surface area contributed by atoms with E-state index >= 15 is 0 Å². The number of hydrogen-bond donors (Lipinski definition) is 2. The topological polar surface area (TPSA) is 58.4 Å². The Morgan fingerprint density at radius 1 is 1.35 bits per heavy atom. The Bertz CT molecular complexity index is 209. The van der Waals surface area contributed by atoms with Crippen molar-refractivity contribution in [2.75, 3.05) is 19.6 Å². The average molecular weight is 243 g/mol. The molecular weight excluding hydrogens is 214 g/mol. The summed E-state index contributed by atoms with van der Waals surface area (Å²) in [4.78, 5) is 13.7. The van der Waals surface area contributed by atoms with Crippen LogP contribution in [0, 0.1) is 0 Å². The van der Waals surface area contributed by atoms with Crippen LogP contribution in [-0.4, -0.2) is 42.5 Å². The zero-order valence-electron chi connectivity index (χ0n) is 11.8. The molecule has 0 heterocycles. The summed E-state index contributed by atoms with van der Waals surface area (Å²) in [5.41, 5.74) is 5.39. The molecule has 0 aromatic carbocycles. The van der Waals surface area contributed by atoms with Crippen molar-refractivity contribution in [1.29, 1.82) is 0 Å². The van der Waals surface area contributed by atoms with Crippen molar-refractivity contribution >= 4 is 5.91 Å². The van der Waals surface area contributed by atoms with Gasteiger partial charge in [-0.1, -0.05) is 20.8 Å². The van der Waals surface area contributed by atoms with Crippen molar-refractivity contribution in [3.8, 4) is 0 Å². The standard InChI is InChI=1S/C13H29N3O/c1-5-9-15-12(13(14)17)8-10-16(7-3)11(4)6-2/h11-12,15H,5-10H2,1-4H3,(H2,14,17). The van der Waals surface area contributed by atoms with Gasteiger partial charge in [-0.3, -0.25) is 4.79 Å². The van der Waals surface area contributed by atoms with Crippen molar-refractivity contribution in [3.63, 3.8) is 0 Å². The van der Waals surface area contributed by atoms with Crippen LogP contribution in [0.3, 0.4) is 0 Å². The monoisotopic (exact) mass is 243 g/mol. The maximum absolute atomic E-state index is 11.3. The first-order valence-corrected chi connectivity index (χ1v) is 6.83. The number of rotatable bonds is 10. The zero-order chi connectivity index (χ0) is 13.3. The van der Waals surface area contributed by atoms with Gasteiger partial charge in [0.15, 0.2) is 0 Å². The average Bonchev–Trinajstić information content (AvgIpc) is 2.32. The Hall–Kier alpha value is -0.610. The molecule has 0 bridgehead atoms. The van der Waals surface area contributed by atoms with Gasteiger partial charge >= 0.3 is 0 Å². The molecule has 2 unspecified atom stereocenters. The molecule has 3 N–H and O–H groups in total. The zero-order valence-corrected chi connectivity index (χ0v) is 11.8.